The Balaban J connectivity index is 2.56. The third-order valence-corrected chi connectivity index (χ3v) is 3.04. The third kappa shape index (κ3) is 2.21. The lowest BCUT2D eigenvalue weighted by Gasteiger charge is -2.08. The van der Waals surface area contributed by atoms with E-state index in [0.29, 0.717) is 0 Å². The van der Waals surface area contributed by atoms with Crippen LogP contribution in [0.3, 0.4) is 0 Å². The van der Waals surface area contributed by atoms with Gasteiger partial charge in [-0.05, 0) is 36.1 Å². The Kier molecular flexibility index (Phi) is 3.25. The number of benzene rings is 2. The molecule has 2 aromatic rings. The standard InChI is InChI=1S/C16H15N/c1-3-13-7-9-14(10-8-13)16-12(2)5-4-6-15(16)11-17/h4-10H,3H2,1-2H3. The fourth-order valence-corrected chi connectivity index (χ4v) is 2.05. The summed E-state index contributed by atoms with van der Waals surface area (Å²) in [6, 6.07) is 16.6. The molecule has 0 aliphatic carbocycles. The first-order valence-electron chi connectivity index (χ1n) is 5.85. The van der Waals surface area contributed by atoms with Gasteiger partial charge < -0.3 is 0 Å². The van der Waals surface area contributed by atoms with Crippen molar-refractivity contribution in [2.45, 2.75) is 20.3 Å². The van der Waals surface area contributed by atoms with Crippen molar-refractivity contribution in [1.82, 2.24) is 0 Å². The fraction of sp³-hybridized carbons (Fsp3) is 0.188. The van der Waals surface area contributed by atoms with Crippen LogP contribution >= 0.6 is 0 Å². The van der Waals surface area contributed by atoms with Crippen LogP contribution in [0.1, 0.15) is 23.6 Å². The normalized spacial score (nSPS) is 9.94. The Bertz CT molecular complexity index is 559. The van der Waals surface area contributed by atoms with Crippen molar-refractivity contribution in [2.75, 3.05) is 0 Å². The molecule has 0 saturated heterocycles. The Morgan fingerprint density at radius 1 is 1.06 bits per heavy atom. The second-order valence-corrected chi connectivity index (χ2v) is 4.16. The molecule has 0 aliphatic rings. The summed E-state index contributed by atoms with van der Waals surface area (Å²) in [5.41, 5.74) is 5.39. The predicted octanol–water partition coefficient (Wildman–Crippen LogP) is 4.10. The largest absolute Gasteiger partial charge is 0.192 e. The minimum Gasteiger partial charge on any atom is -0.192 e. The highest BCUT2D eigenvalue weighted by molar-refractivity contribution is 5.73. The number of rotatable bonds is 2. The van der Waals surface area contributed by atoms with E-state index in [1.165, 1.54) is 5.56 Å². The molecular formula is C16H15N. The van der Waals surface area contributed by atoms with Gasteiger partial charge in [-0.2, -0.15) is 5.26 Å². The highest BCUT2D eigenvalue weighted by Gasteiger charge is 2.07. The molecule has 0 saturated carbocycles. The molecule has 0 unspecified atom stereocenters. The molecule has 0 spiro atoms. The minimum absolute atomic E-state index is 0.745. The molecule has 1 heteroatoms. The van der Waals surface area contributed by atoms with Gasteiger partial charge in [0.05, 0.1) is 11.6 Å². The van der Waals surface area contributed by atoms with Crippen LogP contribution < -0.4 is 0 Å². The van der Waals surface area contributed by atoms with Gasteiger partial charge in [0, 0.05) is 5.56 Å². The summed E-state index contributed by atoms with van der Waals surface area (Å²) in [7, 11) is 0. The van der Waals surface area contributed by atoms with E-state index in [1.807, 2.05) is 25.1 Å². The topological polar surface area (TPSA) is 23.8 Å². The molecule has 0 aliphatic heterocycles. The van der Waals surface area contributed by atoms with Crippen molar-refractivity contribution in [1.29, 1.82) is 5.26 Å². The van der Waals surface area contributed by atoms with Crippen molar-refractivity contribution in [3.05, 3.63) is 59.2 Å². The van der Waals surface area contributed by atoms with Gasteiger partial charge in [0.25, 0.3) is 0 Å². The first-order valence-corrected chi connectivity index (χ1v) is 5.85. The summed E-state index contributed by atoms with van der Waals surface area (Å²) in [4.78, 5) is 0. The van der Waals surface area contributed by atoms with Gasteiger partial charge in [-0.1, -0.05) is 43.3 Å². The zero-order chi connectivity index (χ0) is 12.3. The molecule has 0 aromatic heterocycles. The summed E-state index contributed by atoms with van der Waals surface area (Å²) < 4.78 is 0. The summed E-state index contributed by atoms with van der Waals surface area (Å²) in [6.07, 6.45) is 1.04. The predicted molar refractivity (Wildman–Crippen MR) is 70.7 cm³/mol. The maximum Gasteiger partial charge on any atom is 0.0998 e. The minimum atomic E-state index is 0.745. The van der Waals surface area contributed by atoms with E-state index in [2.05, 4.69) is 37.3 Å². The Labute approximate surface area is 102 Å². The van der Waals surface area contributed by atoms with E-state index in [1.54, 1.807) is 0 Å². The smallest absolute Gasteiger partial charge is 0.0998 e. The summed E-state index contributed by atoms with van der Waals surface area (Å²) in [5.74, 6) is 0. The average Bonchev–Trinajstić information content (AvgIpc) is 2.38. The maximum atomic E-state index is 9.15. The Morgan fingerprint density at radius 3 is 2.35 bits per heavy atom. The SMILES string of the molecule is CCc1ccc(-c2c(C)cccc2C#N)cc1. The Hall–Kier alpha value is -2.07. The monoisotopic (exact) mass is 221 g/mol. The van der Waals surface area contributed by atoms with E-state index < -0.39 is 0 Å². The maximum absolute atomic E-state index is 9.15. The number of nitrogens with zero attached hydrogens (tertiary/aromatic N) is 1. The van der Waals surface area contributed by atoms with Gasteiger partial charge in [-0.3, -0.25) is 0 Å². The highest BCUT2D eigenvalue weighted by atomic mass is 14.2. The molecule has 0 N–H and O–H groups in total. The molecule has 84 valence electrons. The summed E-state index contributed by atoms with van der Waals surface area (Å²) >= 11 is 0. The quantitative estimate of drug-likeness (QED) is 0.749. The van der Waals surface area contributed by atoms with E-state index >= 15 is 0 Å². The molecule has 1 nitrogen and oxygen atoms in total. The molecule has 0 heterocycles. The van der Waals surface area contributed by atoms with Crippen LogP contribution in [0.25, 0.3) is 11.1 Å². The zero-order valence-electron chi connectivity index (χ0n) is 10.2. The van der Waals surface area contributed by atoms with Crippen LogP contribution in [0.2, 0.25) is 0 Å². The lowest BCUT2D eigenvalue weighted by molar-refractivity contribution is 1.14. The van der Waals surface area contributed by atoms with Crippen LogP contribution in [0.4, 0.5) is 0 Å². The third-order valence-electron chi connectivity index (χ3n) is 3.04. The van der Waals surface area contributed by atoms with Gasteiger partial charge in [-0.15, -0.1) is 0 Å². The molecule has 17 heavy (non-hydrogen) atoms. The van der Waals surface area contributed by atoms with Crippen molar-refractivity contribution in [2.24, 2.45) is 0 Å². The van der Waals surface area contributed by atoms with Gasteiger partial charge in [0.15, 0.2) is 0 Å². The van der Waals surface area contributed by atoms with Gasteiger partial charge in [-0.25, -0.2) is 0 Å². The van der Waals surface area contributed by atoms with Crippen molar-refractivity contribution in [3.63, 3.8) is 0 Å². The van der Waals surface area contributed by atoms with Crippen LogP contribution in [0.15, 0.2) is 42.5 Å². The lowest BCUT2D eigenvalue weighted by atomic mass is 9.95. The van der Waals surface area contributed by atoms with Crippen LogP contribution in [0, 0.1) is 18.3 Å². The Morgan fingerprint density at radius 2 is 1.76 bits per heavy atom. The van der Waals surface area contributed by atoms with Crippen LogP contribution in [-0.2, 0) is 6.42 Å². The number of hydrogen-bond donors (Lipinski definition) is 0. The molecule has 0 fully saturated rings. The first kappa shape index (κ1) is 11.4. The molecule has 0 radical (unpaired) electrons. The van der Waals surface area contributed by atoms with Gasteiger partial charge in [0.2, 0.25) is 0 Å². The van der Waals surface area contributed by atoms with Crippen LogP contribution in [-0.4, -0.2) is 0 Å². The summed E-state index contributed by atoms with van der Waals surface area (Å²) in [6.45, 7) is 4.19. The zero-order valence-corrected chi connectivity index (χ0v) is 10.2. The molecule has 2 aromatic carbocycles. The van der Waals surface area contributed by atoms with Crippen LogP contribution in [0.5, 0.6) is 0 Å². The first-order chi connectivity index (χ1) is 8.26. The molecule has 0 atom stereocenters. The average molecular weight is 221 g/mol. The number of nitriles is 1. The molecule has 2 rings (SSSR count). The van der Waals surface area contributed by atoms with Crippen molar-refractivity contribution < 1.29 is 0 Å². The molecule has 0 bridgehead atoms. The van der Waals surface area contributed by atoms with Crippen molar-refractivity contribution >= 4 is 0 Å². The number of aryl methyl sites for hydroxylation is 2. The van der Waals surface area contributed by atoms with E-state index in [0.717, 1.165) is 28.7 Å². The molecular weight excluding hydrogens is 206 g/mol. The summed E-state index contributed by atoms with van der Waals surface area (Å²) in [5, 5.41) is 9.15. The van der Waals surface area contributed by atoms with E-state index in [4.69, 9.17) is 5.26 Å². The number of hydrogen-bond acceptors (Lipinski definition) is 1. The fourth-order valence-electron chi connectivity index (χ4n) is 2.05. The van der Waals surface area contributed by atoms with Gasteiger partial charge in [0.1, 0.15) is 0 Å². The second kappa shape index (κ2) is 4.84. The highest BCUT2D eigenvalue weighted by Crippen LogP contribution is 2.27. The van der Waals surface area contributed by atoms with Gasteiger partial charge >= 0.3 is 0 Å². The van der Waals surface area contributed by atoms with Crippen molar-refractivity contribution in [3.8, 4) is 17.2 Å². The molecule has 0 amide bonds. The lowest BCUT2D eigenvalue weighted by Crippen LogP contribution is -1.89. The van der Waals surface area contributed by atoms with E-state index in [9.17, 15) is 0 Å². The van der Waals surface area contributed by atoms with E-state index in [-0.39, 0.29) is 0 Å². The second-order valence-electron chi connectivity index (χ2n) is 4.16.